The number of carboxylic acids is 1. The molecule has 0 aliphatic carbocycles. The first-order valence-electron chi connectivity index (χ1n) is 6.95. The average Bonchev–Trinajstić information content (AvgIpc) is 2.75. The molecule has 1 aromatic rings. The zero-order valence-electron chi connectivity index (χ0n) is 12.7. The van der Waals surface area contributed by atoms with Crippen LogP contribution in [0.25, 0.3) is 5.57 Å². The molecule has 0 radical (unpaired) electrons. The average molecular weight is 365 g/mol. The lowest BCUT2D eigenvalue weighted by Crippen LogP contribution is -2.30. The Morgan fingerprint density at radius 1 is 1.29 bits per heavy atom. The number of carboxylic acid groups (broad SMARTS) is 1. The van der Waals surface area contributed by atoms with E-state index in [2.05, 4.69) is 0 Å². The summed E-state index contributed by atoms with van der Waals surface area (Å²) in [7, 11) is 0. The third-order valence-electron chi connectivity index (χ3n) is 3.27. The number of hydrogen-bond acceptors (Lipinski definition) is 6. The van der Waals surface area contributed by atoms with E-state index in [1.54, 1.807) is 19.1 Å². The van der Waals surface area contributed by atoms with Gasteiger partial charge in [0.2, 0.25) is 0 Å². The maximum atomic E-state index is 12.2. The summed E-state index contributed by atoms with van der Waals surface area (Å²) in [5, 5.41) is 27.7. The van der Waals surface area contributed by atoms with Crippen molar-refractivity contribution in [2.24, 2.45) is 0 Å². The van der Waals surface area contributed by atoms with Gasteiger partial charge in [0.25, 0.3) is 5.91 Å². The topological polar surface area (TPSA) is 98.1 Å². The minimum absolute atomic E-state index is 0.0421. The van der Waals surface area contributed by atoms with E-state index in [9.17, 15) is 19.8 Å². The number of amides is 1. The van der Waals surface area contributed by atoms with Gasteiger partial charge in [-0.1, -0.05) is 30.1 Å². The Hall–Kier alpha value is -2.32. The van der Waals surface area contributed by atoms with Crippen LogP contribution in [-0.2, 0) is 9.59 Å². The lowest BCUT2D eigenvalue weighted by Gasteiger charge is -2.12. The first-order valence-corrected chi connectivity index (χ1v) is 8.18. The minimum atomic E-state index is -0.993. The summed E-state index contributed by atoms with van der Waals surface area (Å²) < 4.78 is 0.327. The standard InChI is InChI=1S/C16H15NO5S2/c1-9(10-6-11(18)8-12(19)7-10)2-3-13-15(22)17(16(23)24-13)5-4-14(20)21/h2-3,6-8,18-19H,4-5H2,1H3,(H,20,21). The lowest BCUT2D eigenvalue weighted by molar-refractivity contribution is -0.137. The number of rotatable bonds is 5. The zero-order valence-corrected chi connectivity index (χ0v) is 14.4. The molecular formula is C16H15NO5S2. The monoisotopic (exact) mass is 365 g/mol. The largest absolute Gasteiger partial charge is 0.508 e. The van der Waals surface area contributed by atoms with Crippen molar-refractivity contribution in [2.75, 3.05) is 6.54 Å². The second-order valence-electron chi connectivity index (χ2n) is 5.09. The number of thiocarbonyl (C=S) groups is 1. The summed E-state index contributed by atoms with van der Waals surface area (Å²) in [6.07, 6.45) is 3.10. The number of carbonyl (C=O) groups excluding carboxylic acids is 1. The highest BCUT2D eigenvalue weighted by atomic mass is 32.2. The molecule has 24 heavy (non-hydrogen) atoms. The van der Waals surface area contributed by atoms with E-state index < -0.39 is 5.97 Å². The molecule has 0 unspecified atom stereocenters. The van der Waals surface area contributed by atoms with Gasteiger partial charge in [0, 0.05) is 12.6 Å². The van der Waals surface area contributed by atoms with Crippen LogP contribution in [0, 0.1) is 0 Å². The number of hydrogen-bond donors (Lipinski definition) is 3. The third kappa shape index (κ3) is 4.36. The van der Waals surface area contributed by atoms with Gasteiger partial charge in [0.15, 0.2) is 0 Å². The Morgan fingerprint density at radius 3 is 2.50 bits per heavy atom. The number of phenolic OH excluding ortho intramolecular Hbond substituents is 2. The fourth-order valence-corrected chi connectivity index (χ4v) is 3.28. The highest BCUT2D eigenvalue weighted by molar-refractivity contribution is 8.26. The number of allylic oxidation sites excluding steroid dienone is 3. The molecule has 2 rings (SSSR count). The van der Waals surface area contributed by atoms with Gasteiger partial charge >= 0.3 is 5.97 Å². The summed E-state index contributed by atoms with van der Waals surface area (Å²) in [6.45, 7) is 1.82. The van der Waals surface area contributed by atoms with Gasteiger partial charge < -0.3 is 15.3 Å². The van der Waals surface area contributed by atoms with Gasteiger partial charge in [-0.25, -0.2) is 0 Å². The Bertz CT molecular complexity index is 749. The van der Waals surface area contributed by atoms with Crippen molar-refractivity contribution in [1.29, 1.82) is 0 Å². The van der Waals surface area contributed by atoms with Crippen molar-refractivity contribution >= 4 is 45.7 Å². The highest BCUT2D eigenvalue weighted by Gasteiger charge is 2.31. The van der Waals surface area contributed by atoms with Gasteiger partial charge in [-0.15, -0.1) is 0 Å². The molecule has 1 aromatic carbocycles. The smallest absolute Gasteiger partial charge is 0.305 e. The zero-order chi connectivity index (χ0) is 17.9. The van der Waals surface area contributed by atoms with Gasteiger partial charge in [-0.3, -0.25) is 14.5 Å². The highest BCUT2D eigenvalue weighted by Crippen LogP contribution is 2.32. The van der Waals surface area contributed by atoms with Crippen molar-refractivity contribution in [3.8, 4) is 11.5 Å². The number of carbonyl (C=O) groups is 2. The molecule has 1 aliphatic heterocycles. The number of aliphatic carboxylic acids is 1. The summed E-state index contributed by atoms with van der Waals surface area (Å²) in [5.74, 6) is -1.43. The van der Waals surface area contributed by atoms with E-state index in [-0.39, 0.29) is 30.4 Å². The maximum absolute atomic E-state index is 12.2. The van der Waals surface area contributed by atoms with E-state index in [1.807, 2.05) is 0 Å². The Balaban J connectivity index is 2.17. The summed E-state index contributed by atoms with van der Waals surface area (Å²) in [5.41, 5.74) is 1.35. The Kier molecular flexibility index (Phi) is 5.63. The van der Waals surface area contributed by atoms with Crippen molar-refractivity contribution in [1.82, 2.24) is 4.90 Å². The van der Waals surface area contributed by atoms with Crippen LogP contribution in [-0.4, -0.2) is 43.0 Å². The second kappa shape index (κ2) is 7.50. The van der Waals surface area contributed by atoms with Crippen molar-refractivity contribution in [3.63, 3.8) is 0 Å². The minimum Gasteiger partial charge on any atom is -0.508 e. The van der Waals surface area contributed by atoms with Crippen LogP contribution in [0.15, 0.2) is 35.3 Å². The van der Waals surface area contributed by atoms with E-state index in [0.29, 0.717) is 14.8 Å². The molecule has 0 atom stereocenters. The molecule has 1 heterocycles. The van der Waals surface area contributed by atoms with Crippen molar-refractivity contribution in [3.05, 3.63) is 40.8 Å². The summed E-state index contributed by atoms with van der Waals surface area (Å²) >= 11 is 6.21. The van der Waals surface area contributed by atoms with Gasteiger partial charge in [0.1, 0.15) is 15.8 Å². The third-order valence-corrected chi connectivity index (χ3v) is 4.66. The number of aromatic hydroxyl groups is 2. The Labute approximate surface area is 148 Å². The molecule has 0 saturated carbocycles. The molecule has 126 valence electrons. The Morgan fingerprint density at radius 2 is 1.92 bits per heavy atom. The van der Waals surface area contributed by atoms with Crippen LogP contribution in [0.2, 0.25) is 0 Å². The maximum Gasteiger partial charge on any atom is 0.305 e. The normalized spacial score (nSPS) is 17.0. The molecule has 0 bridgehead atoms. The van der Waals surface area contributed by atoms with E-state index >= 15 is 0 Å². The quantitative estimate of drug-likeness (QED) is 0.545. The predicted molar refractivity (Wildman–Crippen MR) is 95.7 cm³/mol. The van der Waals surface area contributed by atoms with Crippen LogP contribution in [0.3, 0.4) is 0 Å². The van der Waals surface area contributed by atoms with E-state index in [4.69, 9.17) is 17.3 Å². The van der Waals surface area contributed by atoms with Crippen molar-refractivity contribution < 1.29 is 24.9 Å². The first kappa shape index (κ1) is 18.0. The van der Waals surface area contributed by atoms with E-state index in [0.717, 1.165) is 17.3 Å². The van der Waals surface area contributed by atoms with Gasteiger partial charge in [-0.2, -0.15) is 0 Å². The van der Waals surface area contributed by atoms with Crippen LogP contribution in [0.4, 0.5) is 0 Å². The molecule has 1 fully saturated rings. The molecule has 0 aromatic heterocycles. The SMILES string of the molecule is CC(=CC=C1SC(=S)N(CCC(=O)O)C1=O)c1cc(O)cc(O)c1. The van der Waals surface area contributed by atoms with Crippen molar-refractivity contribution in [2.45, 2.75) is 13.3 Å². The molecule has 6 nitrogen and oxygen atoms in total. The number of thioether (sulfide) groups is 1. The van der Waals surface area contributed by atoms with Crippen LogP contribution in [0.1, 0.15) is 18.9 Å². The number of benzene rings is 1. The fourth-order valence-electron chi connectivity index (χ4n) is 2.03. The first-order chi connectivity index (χ1) is 11.3. The molecule has 1 saturated heterocycles. The molecule has 0 spiro atoms. The second-order valence-corrected chi connectivity index (χ2v) is 6.76. The molecular weight excluding hydrogens is 350 g/mol. The molecule has 3 N–H and O–H groups in total. The fraction of sp³-hybridized carbons (Fsp3) is 0.188. The summed E-state index contributed by atoms with van der Waals surface area (Å²) in [4.78, 5) is 24.5. The lowest BCUT2D eigenvalue weighted by atomic mass is 10.1. The van der Waals surface area contributed by atoms with E-state index in [1.165, 1.54) is 23.1 Å². The molecule has 1 aliphatic rings. The van der Waals surface area contributed by atoms with Gasteiger partial charge in [0.05, 0.1) is 11.3 Å². The van der Waals surface area contributed by atoms with Crippen LogP contribution in [0.5, 0.6) is 11.5 Å². The molecule has 1 amide bonds. The number of nitrogens with zero attached hydrogens (tertiary/aromatic N) is 1. The summed E-state index contributed by atoms with van der Waals surface area (Å²) in [6, 6.07) is 4.22. The predicted octanol–water partition coefficient (Wildman–Crippen LogP) is 2.72. The van der Waals surface area contributed by atoms with Crippen LogP contribution < -0.4 is 0 Å². The molecule has 8 heteroatoms. The number of phenols is 2. The van der Waals surface area contributed by atoms with Gasteiger partial charge in [-0.05, 0) is 36.3 Å². The van der Waals surface area contributed by atoms with Crippen LogP contribution >= 0.6 is 24.0 Å².